The Morgan fingerprint density at radius 1 is 1.14 bits per heavy atom. The van der Waals surface area contributed by atoms with Crippen molar-refractivity contribution in [2.24, 2.45) is 11.3 Å². The first-order chi connectivity index (χ1) is 13.1. The molecule has 4 rings (SSSR count). The van der Waals surface area contributed by atoms with Crippen LogP contribution in [0.25, 0.3) is 0 Å². The van der Waals surface area contributed by atoms with Crippen molar-refractivity contribution in [3.63, 3.8) is 0 Å². The average Bonchev–Trinajstić information content (AvgIpc) is 3.39. The Morgan fingerprint density at radius 2 is 1.83 bits per heavy atom. The van der Waals surface area contributed by atoms with E-state index < -0.39 is 0 Å². The summed E-state index contributed by atoms with van der Waals surface area (Å²) in [6.07, 6.45) is 3.13. The third-order valence-corrected chi connectivity index (χ3v) is 6.56. The first kappa shape index (κ1) is 24.1. The van der Waals surface area contributed by atoms with Crippen molar-refractivity contribution in [2.45, 2.75) is 19.3 Å². The van der Waals surface area contributed by atoms with Gasteiger partial charge in [0, 0.05) is 42.8 Å². The zero-order valence-electron chi connectivity index (χ0n) is 16.4. The van der Waals surface area contributed by atoms with Crippen LogP contribution in [0.15, 0.2) is 24.3 Å². The lowest BCUT2D eigenvalue weighted by molar-refractivity contribution is -0.133. The van der Waals surface area contributed by atoms with Crippen molar-refractivity contribution in [3.05, 3.63) is 29.3 Å². The van der Waals surface area contributed by atoms with Gasteiger partial charge in [0.2, 0.25) is 11.8 Å². The minimum atomic E-state index is 0. The summed E-state index contributed by atoms with van der Waals surface area (Å²) in [5, 5.41) is 6.95. The molecular formula is C20H29Cl3N4O2. The third-order valence-electron chi connectivity index (χ3n) is 6.33. The number of hydrogen-bond acceptors (Lipinski definition) is 4. The number of halogens is 3. The van der Waals surface area contributed by atoms with Crippen LogP contribution in [0, 0.1) is 11.3 Å². The number of hydrogen-bond donors (Lipinski definition) is 2. The number of benzene rings is 1. The molecule has 1 saturated carbocycles. The lowest BCUT2D eigenvalue weighted by Gasteiger charge is -2.36. The zero-order valence-corrected chi connectivity index (χ0v) is 18.8. The predicted octanol–water partition coefficient (Wildman–Crippen LogP) is 2.34. The molecule has 1 unspecified atom stereocenters. The van der Waals surface area contributed by atoms with Crippen LogP contribution in [-0.4, -0.2) is 62.5 Å². The van der Waals surface area contributed by atoms with Crippen LogP contribution in [0.5, 0.6) is 0 Å². The second-order valence-corrected chi connectivity index (χ2v) is 8.37. The molecule has 0 radical (unpaired) electrons. The van der Waals surface area contributed by atoms with Gasteiger partial charge in [-0.05, 0) is 56.0 Å². The second kappa shape index (κ2) is 10.2. The topological polar surface area (TPSA) is 64.7 Å². The Bertz CT molecular complexity index is 719. The molecule has 2 amide bonds. The highest BCUT2D eigenvalue weighted by Gasteiger charge is 2.57. The molecule has 2 saturated heterocycles. The Hall–Kier alpha value is -1.21. The normalized spacial score (nSPS) is 22.3. The van der Waals surface area contributed by atoms with Gasteiger partial charge in [-0.3, -0.25) is 9.59 Å². The molecule has 1 spiro atoms. The quantitative estimate of drug-likeness (QED) is 0.719. The van der Waals surface area contributed by atoms with E-state index in [4.69, 9.17) is 11.6 Å². The van der Waals surface area contributed by atoms with Gasteiger partial charge in [-0.1, -0.05) is 17.7 Å². The number of amides is 2. The van der Waals surface area contributed by atoms with Gasteiger partial charge in [-0.2, -0.15) is 0 Å². The second-order valence-electron chi connectivity index (χ2n) is 7.93. The predicted molar refractivity (Wildman–Crippen MR) is 120 cm³/mol. The summed E-state index contributed by atoms with van der Waals surface area (Å²) in [6, 6.07) is 7.79. The summed E-state index contributed by atoms with van der Waals surface area (Å²) in [5.74, 6) is 0.170. The Balaban J connectivity index is 0.00000150. The van der Waals surface area contributed by atoms with E-state index in [2.05, 4.69) is 15.5 Å². The largest absolute Gasteiger partial charge is 0.368 e. The number of anilines is 1. The van der Waals surface area contributed by atoms with Gasteiger partial charge in [0.1, 0.15) is 0 Å². The van der Waals surface area contributed by atoms with E-state index in [0.29, 0.717) is 13.1 Å². The fraction of sp³-hybridized carbons (Fsp3) is 0.600. The molecule has 2 N–H and O–H groups in total. The molecule has 1 atom stereocenters. The maximum atomic E-state index is 12.5. The van der Waals surface area contributed by atoms with E-state index in [-0.39, 0.29) is 54.5 Å². The number of rotatable bonds is 4. The molecule has 0 bridgehead atoms. The number of piperazine rings is 1. The maximum Gasteiger partial charge on any atom is 0.242 e. The van der Waals surface area contributed by atoms with Gasteiger partial charge in [0.05, 0.1) is 6.54 Å². The highest BCUT2D eigenvalue weighted by molar-refractivity contribution is 6.30. The summed E-state index contributed by atoms with van der Waals surface area (Å²) in [5.41, 5.74) is 1.30. The Morgan fingerprint density at radius 3 is 2.48 bits per heavy atom. The highest BCUT2D eigenvalue weighted by atomic mass is 35.5. The minimum absolute atomic E-state index is 0. The lowest BCUT2D eigenvalue weighted by atomic mass is 9.92. The van der Waals surface area contributed by atoms with Crippen molar-refractivity contribution >= 4 is 53.9 Å². The van der Waals surface area contributed by atoms with Gasteiger partial charge in [-0.25, -0.2) is 0 Å². The molecule has 3 fully saturated rings. The fourth-order valence-corrected chi connectivity index (χ4v) is 4.66. The molecule has 1 aromatic carbocycles. The number of nitrogens with one attached hydrogen (secondary N) is 2. The molecule has 2 aliphatic heterocycles. The lowest BCUT2D eigenvalue weighted by Crippen LogP contribution is -2.51. The van der Waals surface area contributed by atoms with Crippen molar-refractivity contribution in [3.8, 4) is 0 Å². The minimum Gasteiger partial charge on any atom is -0.368 e. The molecular weight excluding hydrogens is 435 g/mol. The molecule has 2 heterocycles. The van der Waals surface area contributed by atoms with Crippen molar-refractivity contribution in [1.82, 2.24) is 15.5 Å². The van der Waals surface area contributed by atoms with Gasteiger partial charge in [-0.15, -0.1) is 24.8 Å². The first-order valence-electron chi connectivity index (χ1n) is 9.84. The van der Waals surface area contributed by atoms with E-state index in [1.54, 1.807) is 0 Å². The number of carbonyl (C=O) groups excluding carboxylic acids is 2. The number of piperidine rings is 1. The van der Waals surface area contributed by atoms with Crippen LogP contribution in [0.4, 0.5) is 5.69 Å². The maximum absolute atomic E-state index is 12.5. The van der Waals surface area contributed by atoms with Gasteiger partial charge in [0.25, 0.3) is 0 Å². The highest BCUT2D eigenvalue weighted by Crippen LogP contribution is 2.58. The summed E-state index contributed by atoms with van der Waals surface area (Å²) in [4.78, 5) is 29.0. The third kappa shape index (κ3) is 5.48. The average molecular weight is 464 g/mol. The van der Waals surface area contributed by atoms with Crippen molar-refractivity contribution < 1.29 is 9.59 Å². The first-order valence-corrected chi connectivity index (χ1v) is 10.2. The van der Waals surface area contributed by atoms with E-state index in [0.717, 1.165) is 56.2 Å². The van der Waals surface area contributed by atoms with Gasteiger partial charge in [0.15, 0.2) is 0 Å². The molecule has 3 aliphatic rings. The van der Waals surface area contributed by atoms with Gasteiger partial charge >= 0.3 is 0 Å². The summed E-state index contributed by atoms with van der Waals surface area (Å²) in [7, 11) is 0. The number of carbonyl (C=O) groups is 2. The zero-order chi connectivity index (χ0) is 18.9. The van der Waals surface area contributed by atoms with Crippen LogP contribution in [0.3, 0.4) is 0 Å². The monoisotopic (exact) mass is 462 g/mol. The smallest absolute Gasteiger partial charge is 0.242 e. The fourth-order valence-electron chi connectivity index (χ4n) is 4.48. The van der Waals surface area contributed by atoms with Crippen LogP contribution in [-0.2, 0) is 9.59 Å². The molecule has 1 aromatic rings. The van der Waals surface area contributed by atoms with Crippen LogP contribution < -0.4 is 15.5 Å². The molecule has 0 aromatic heterocycles. The Kier molecular flexibility index (Phi) is 8.47. The molecule has 162 valence electrons. The van der Waals surface area contributed by atoms with Crippen molar-refractivity contribution in [1.29, 1.82) is 0 Å². The van der Waals surface area contributed by atoms with Crippen molar-refractivity contribution in [2.75, 3.05) is 50.7 Å². The molecule has 9 heteroatoms. The van der Waals surface area contributed by atoms with E-state index in [1.807, 2.05) is 29.2 Å². The van der Waals surface area contributed by atoms with Crippen LogP contribution in [0.2, 0.25) is 5.02 Å². The SMILES string of the molecule is Cl.Cl.O=C(NCC(=O)N1CCN(c2cccc(Cl)c2)CC1)C1CC12CCNCC2. The summed E-state index contributed by atoms with van der Waals surface area (Å²) < 4.78 is 0. The summed E-state index contributed by atoms with van der Waals surface area (Å²) in [6.45, 7) is 5.00. The van der Waals surface area contributed by atoms with E-state index in [9.17, 15) is 9.59 Å². The number of nitrogens with zero attached hydrogens (tertiary/aromatic N) is 2. The standard InChI is InChI=1S/C20H27ClN4O2.2ClH/c21-15-2-1-3-16(12-15)24-8-10-25(11-9-24)18(26)14-23-19(27)17-13-20(17)4-6-22-7-5-20;;/h1-3,12,17,22H,4-11,13-14H2,(H,23,27);2*1H. The van der Waals surface area contributed by atoms with E-state index in [1.165, 1.54) is 0 Å². The molecule has 1 aliphatic carbocycles. The molecule has 29 heavy (non-hydrogen) atoms. The molecule has 6 nitrogen and oxygen atoms in total. The Labute approximate surface area is 189 Å². The van der Waals surface area contributed by atoms with Crippen LogP contribution in [0.1, 0.15) is 19.3 Å². The van der Waals surface area contributed by atoms with E-state index >= 15 is 0 Å². The summed E-state index contributed by atoms with van der Waals surface area (Å²) >= 11 is 6.06. The van der Waals surface area contributed by atoms with Gasteiger partial charge < -0.3 is 20.4 Å². The van der Waals surface area contributed by atoms with Crippen LogP contribution >= 0.6 is 36.4 Å².